The van der Waals surface area contributed by atoms with Gasteiger partial charge in [0.25, 0.3) is 0 Å². The van der Waals surface area contributed by atoms with Crippen LogP contribution in [0.5, 0.6) is 0 Å². The molecule has 0 amide bonds. The molecular formula is C11H17N3O. The fourth-order valence-corrected chi connectivity index (χ4v) is 1.86. The second-order valence-electron chi connectivity index (χ2n) is 4.81. The maximum Gasteiger partial charge on any atom is 0.129 e. The molecule has 0 saturated heterocycles. The highest BCUT2D eigenvalue weighted by atomic mass is 16.3. The normalized spacial score (nSPS) is 28.3. The Bertz CT molecular complexity index is 365. The number of aromatic nitrogens is 2. The Hall–Kier alpha value is -1.16. The van der Waals surface area contributed by atoms with Crippen LogP contribution in [0.4, 0.5) is 5.82 Å². The summed E-state index contributed by atoms with van der Waals surface area (Å²) >= 11 is 0. The predicted molar refractivity (Wildman–Crippen MR) is 58.6 cm³/mol. The molecule has 4 nitrogen and oxygen atoms in total. The summed E-state index contributed by atoms with van der Waals surface area (Å²) < 4.78 is 0. The van der Waals surface area contributed by atoms with Gasteiger partial charge >= 0.3 is 0 Å². The highest BCUT2D eigenvalue weighted by molar-refractivity contribution is 5.37. The zero-order valence-corrected chi connectivity index (χ0v) is 9.36. The summed E-state index contributed by atoms with van der Waals surface area (Å²) in [4.78, 5) is 8.19. The molecule has 4 heteroatoms. The Kier molecular flexibility index (Phi) is 2.38. The van der Waals surface area contributed by atoms with Crippen molar-refractivity contribution in [2.45, 2.75) is 39.3 Å². The first kappa shape index (κ1) is 10.4. The molecule has 1 heterocycles. The Morgan fingerprint density at radius 2 is 2.20 bits per heavy atom. The van der Waals surface area contributed by atoms with E-state index in [1.807, 2.05) is 13.0 Å². The molecule has 2 N–H and O–H groups in total. The third-order valence-electron chi connectivity index (χ3n) is 3.34. The van der Waals surface area contributed by atoms with E-state index in [1.54, 1.807) is 6.33 Å². The average Bonchev–Trinajstić information content (AvgIpc) is 2.17. The van der Waals surface area contributed by atoms with E-state index in [2.05, 4.69) is 29.1 Å². The molecule has 1 aliphatic rings. The first-order valence-electron chi connectivity index (χ1n) is 5.23. The molecule has 0 aromatic carbocycles. The summed E-state index contributed by atoms with van der Waals surface area (Å²) in [6, 6.07) is 2.21. The standard InChI is InChI=1S/C11H17N3O/c1-7-4-10(13-6-12-7)14-8-5-9(15)11(8,2)3/h4,6,8-9,15H,5H2,1-3H3,(H,12,13,14). The average molecular weight is 207 g/mol. The van der Waals surface area contributed by atoms with Gasteiger partial charge in [0.1, 0.15) is 12.1 Å². The number of hydrogen-bond acceptors (Lipinski definition) is 4. The SMILES string of the molecule is Cc1cc(NC2CC(O)C2(C)C)ncn1. The number of rotatable bonds is 2. The molecule has 1 saturated carbocycles. The molecule has 15 heavy (non-hydrogen) atoms. The molecule has 0 radical (unpaired) electrons. The molecule has 1 aromatic heterocycles. The van der Waals surface area contributed by atoms with Gasteiger partial charge in [-0.25, -0.2) is 9.97 Å². The summed E-state index contributed by atoms with van der Waals surface area (Å²) in [5, 5.41) is 12.9. The van der Waals surface area contributed by atoms with Crippen LogP contribution in [0, 0.1) is 12.3 Å². The van der Waals surface area contributed by atoms with E-state index in [9.17, 15) is 5.11 Å². The first-order chi connectivity index (χ1) is 7.00. The lowest BCUT2D eigenvalue weighted by molar-refractivity contribution is -0.0511. The Morgan fingerprint density at radius 1 is 1.47 bits per heavy atom. The summed E-state index contributed by atoms with van der Waals surface area (Å²) in [7, 11) is 0. The molecule has 2 atom stereocenters. The van der Waals surface area contributed by atoms with Gasteiger partial charge in [-0.2, -0.15) is 0 Å². The molecule has 1 fully saturated rings. The van der Waals surface area contributed by atoms with Gasteiger partial charge in [0.05, 0.1) is 6.10 Å². The number of aryl methyl sites for hydroxylation is 1. The van der Waals surface area contributed by atoms with Crippen LogP contribution in [-0.4, -0.2) is 27.2 Å². The summed E-state index contributed by atoms with van der Waals surface area (Å²) in [5.41, 5.74) is 0.879. The highest BCUT2D eigenvalue weighted by Gasteiger charge is 2.47. The number of nitrogens with one attached hydrogen (secondary N) is 1. The van der Waals surface area contributed by atoms with Crippen LogP contribution in [0.1, 0.15) is 26.0 Å². The predicted octanol–water partition coefficient (Wildman–Crippen LogP) is 1.36. The molecule has 0 aliphatic heterocycles. The van der Waals surface area contributed by atoms with Crippen LogP contribution in [0.15, 0.2) is 12.4 Å². The van der Waals surface area contributed by atoms with E-state index in [4.69, 9.17) is 0 Å². The van der Waals surface area contributed by atoms with E-state index in [1.165, 1.54) is 0 Å². The van der Waals surface area contributed by atoms with Crippen LogP contribution < -0.4 is 5.32 Å². The molecule has 2 unspecified atom stereocenters. The van der Waals surface area contributed by atoms with Crippen molar-refractivity contribution in [1.82, 2.24) is 9.97 Å². The van der Waals surface area contributed by atoms with Crippen molar-refractivity contribution >= 4 is 5.82 Å². The van der Waals surface area contributed by atoms with E-state index < -0.39 is 0 Å². The fourth-order valence-electron chi connectivity index (χ4n) is 1.86. The van der Waals surface area contributed by atoms with Crippen molar-refractivity contribution in [2.75, 3.05) is 5.32 Å². The van der Waals surface area contributed by atoms with Crippen molar-refractivity contribution in [1.29, 1.82) is 0 Å². The summed E-state index contributed by atoms with van der Waals surface area (Å²) in [6.07, 6.45) is 2.13. The fraction of sp³-hybridized carbons (Fsp3) is 0.636. The maximum absolute atomic E-state index is 9.61. The third kappa shape index (κ3) is 1.81. The number of hydrogen-bond donors (Lipinski definition) is 2. The molecule has 0 spiro atoms. The van der Waals surface area contributed by atoms with Crippen LogP contribution >= 0.6 is 0 Å². The Morgan fingerprint density at radius 3 is 2.73 bits per heavy atom. The Balaban J connectivity index is 2.05. The number of aliphatic hydroxyl groups excluding tert-OH is 1. The van der Waals surface area contributed by atoms with Crippen molar-refractivity contribution in [3.8, 4) is 0 Å². The van der Waals surface area contributed by atoms with E-state index >= 15 is 0 Å². The largest absolute Gasteiger partial charge is 0.392 e. The topological polar surface area (TPSA) is 58.0 Å². The van der Waals surface area contributed by atoms with Crippen LogP contribution in [0.25, 0.3) is 0 Å². The minimum Gasteiger partial charge on any atom is -0.392 e. The number of aliphatic hydroxyl groups is 1. The number of anilines is 1. The quantitative estimate of drug-likeness (QED) is 0.768. The van der Waals surface area contributed by atoms with Gasteiger partial charge in [0, 0.05) is 23.2 Å². The molecule has 1 aromatic rings. The first-order valence-corrected chi connectivity index (χ1v) is 5.23. The zero-order chi connectivity index (χ0) is 11.1. The van der Waals surface area contributed by atoms with Gasteiger partial charge in [-0.05, 0) is 13.3 Å². The summed E-state index contributed by atoms with van der Waals surface area (Å²) in [6.45, 7) is 6.06. The van der Waals surface area contributed by atoms with Crippen LogP contribution in [0.2, 0.25) is 0 Å². The van der Waals surface area contributed by atoms with Crippen molar-refractivity contribution in [3.05, 3.63) is 18.1 Å². The van der Waals surface area contributed by atoms with E-state index in [0.717, 1.165) is 17.9 Å². The van der Waals surface area contributed by atoms with Crippen molar-refractivity contribution in [2.24, 2.45) is 5.41 Å². The minimum atomic E-state index is -0.210. The van der Waals surface area contributed by atoms with Gasteiger partial charge in [-0.15, -0.1) is 0 Å². The molecule has 1 aliphatic carbocycles. The maximum atomic E-state index is 9.61. The van der Waals surface area contributed by atoms with E-state index in [-0.39, 0.29) is 11.5 Å². The lowest BCUT2D eigenvalue weighted by atomic mass is 9.64. The van der Waals surface area contributed by atoms with Gasteiger partial charge in [0.15, 0.2) is 0 Å². The zero-order valence-electron chi connectivity index (χ0n) is 9.36. The van der Waals surface area contributed by atoms with Gasteiger partial charge in [-0.3, -0.25) is 0 Å². The van der Waals surface area contributed by atoms with E-state index in [0.29, 0.717) is 6.04 Å². The molecule has 82 valence electrons. The van der Waals surface area contributed by atoms with Crippen molar-refractivity contribution < 1.29 is 5.11 Å². The molecule has 0 bridgehead atoms. The van der Waals surface area contributed by atoms with Gasteiger partial charge in [-0.1, -0.05) is 13.8 Å². The third-order valence-corrected chi connectivity index (χ3v) is 3.34. The van der Waals surface area contributed by atoms with Crippen molar-refractivity contribution in [3.63, 3.8) is 0 Å². The monoisotopic (exact) mass is 207 g/mol. The Labute approximate surface area is 89.8 Å². The van der Waals surface area contributed by atoms with Crippen LogP contribution in [0.3, 0.4) is 0 Å². The smallest absolute Gasteiger partial charge is 0.129 e. The summed E-state index contributed by atoms with van der Waals surface area (Å²) in [5.74, 6) is 0.840. The highest BCUT2D eigenvalue weighted by Crippen LogP contribution is 2.41. The molecule has 2 rings (SSSR count). The van der Waals surface area contributed by atoms with Gasteiger partial charge < -0.3 is 10.4 Å². The lowest BCUT2D eigenvalue weighted by Gasteiger charge is -2.49. The second kappa shape index (κ2) is 3.45. The number of nitrogens with zero attached hydrogens (tertiary/aromatic N) is 2. The molecular weight excluding hydrogens is 190 g/mol. The second-order valence-corrected chi connectivity index (χ2v) is 4.81. The minimum absolute atomic E-state index is 0.0706. The van der Waals surface area contributed by atoms with Crippen LogP contribution in [-0.2, 0) is 0 Å². The lowest BCUT2D eigenvalue weighted by Crippen LogP contribution is -2.57. The van der Waals surface area contributed by atoms with Gasteiger partial charge in [0.2, 0.25) is 0 Å².